The van der Waals surface area contributed by atoms with E-state index in [1.54, 1.807) is 6.07 Å². The van der Waals surface area contributed by atoms with Crippen molar-refractivity contribution < 1.29 is 9.59 Å². The number of benzene rings is 1. The van der Waals surface area contributed by atoms with Gasteiger partial charge in [-0.25, -0.2) is 0 Å². The van der Waals surface area contributed by atoms with Crippen LogP contribution in [0.15, 0.2) is 18.2 Å². The molecule has 0 saturated heterocycles. The lowest BCUT2D eigenvalue weighted by Gasteiger charge is -2.16. The average Bonchev–Trinajstić information content (AvgIpc) is 2.43. The highest BCUT2D eigenvalue weighted by molar-refractivity contribution is 6.00. The number of rotatable bonds is 6. The first-order valence-electron chi connectivity index (χ1n) is 6.93. The Balaban J connectivity index is 2.93. The van der Waals surface area contributed by atoms with Gasteiger partial charge in [0.1, 0.15) is 0 Å². The summed E-state index contributed by atoms with van der Waals surface area (Å²) in [6, 6.07) is 5.50. The van der Waals surface area contributed by atoms with Crippen LogP contribution in [0, 0.1) is 12.8 Å². The number of amides is 2. The molecule has 5 nitrogen and oxygen atoms in total. The predicted molar refractivity (Wildman–Crippen MR) is 81.6 cm³/mol. The second-order valence-electron chi connectivity index (χ2n) is 4.80. The summed E-state index contributed by atoms with van der Waals surface area (Å²) in [4.78, 5) is 23.5. The zero-order valence-corrected chi connectivity index (χ0v) is 12.3. The molecule has 0 aliphatic heterocycles. The SMILES string of the molecule is CCC(CC)C(=O)Nc1ccc(C)cc1NC(=O)CN. The van der Waals surface area contributed by atoms with Crippen LogP contribution in [0.1, 0.15) is 32.3 Å². The van der Waals surface area contributed by atoms with Gasteiger partial charge in [0, 0.05) is 5.92 Å². The second-order valence-corrected chi connectivity index (χ2v) is 4.80. The number of carbonyl (C=O) groups is 2. The topological polar surface area (TPSA) is 84.2 Å². The Morgan fingerprint density at radius 2 is 1.80 bits per heavy atom. The normalized spacial score (nSPS) is 10.4. The molecule has 0 radical (unpaired) electrons. The van der Waals surface area contributed by atoms with Crippen molar-refractivity contribution in [3.8, 4) is 0 Å². The van der Waals surface area contributed by atoms with Gasteiger partial charge in [-0.15, -0.1) is 0 Å². The number of carbonyl (C=O) groups excluding carboxylic acids is 2. The molecule has 1 aromatic rings. The lowest BCUT2D eigenvalue weighted by molar-refractivity contribution is -0.120. The minimum Gasteiger partial charge on any atom is -0.324 e. The maximum Gasteiger partial charge on any atom is 0.238 e. The quantitative estimate of drug-likeness (QED) is 0.745. The van der Waals surface area contributed by atoms with Gasteiger partial charge in [0.25, 0.3) is 0 Å². The first-order chi connectivity index (χ1) is 9.51. The fourth-order valence-electron chi connectivity index (χ4n) is 1.97. The van der Waals surface area contributed by atoms with Gasteiger partial charge in [0.05, 0.1) is 17.9 Å². The van der Waals surface area contributed by atoms with Crippen molar-refractivity contribution in [2.24, 2.45) is 11.7 Å². The van der Waals surface area contributed by atoms with Crippen molar-refractivity contribution >= 4 is 23.2 Å². The highest BCUT2D eigenvalue weighted by Crippen LogP contribution is 2.24. The molecule has 0 bridgehead atoms. The van der Waals surface area contributed by atoms with E-state index in [2.05, 4.69) is 10.6 Å². The van der Waals surface area contributed by atoms with Crippen molar-refractivity contribution in [2.75, 3.05) is 17.2 Å². The van der Waals surface area contributed by atoms with Crippen LogP contribution in [0.25, 0.3) is 0 Å². The van der Waals surface area contributed by atoms with Gasteiger partial charge >= 0.3 is 0 Å². The summed E-state index contributed by atoms with van der Waals surface area (Å²) in [6.07, 6.45) is 1.58. The summed E-state index contributed by atoms with van der Waals surface area (Å²) in [6.45, 7) is 5.80. The van der Waals surface area contributed by atoms with Crippen molar-refractivity contribution in [3.63, 3.8) is 0 Å². The van der Waals surface area contributed by atoms with Crippen LogP contribution in [0.4, 0.5) is 11.4 Å². The number of hydrogen-bond acceptors (Lipinski definition) is 3. The molecule has 1 rings (SSSR count). The van der Waals surface area contributed by atoms with Crippen LogP contribution < -0.4 is 16.4 Å². The Hall–Kier alpha value is -1.88. The third-order valence-electron chi connectivity index (χ3n) is 3.25. The van der Waals surface area contributed by atoms with E-state index >= 15 is 0 Å². The smallest absolute Gasteiger partial charge is 0.238 e. The molecule has 4 N–H and O–H groups in total. The molecular formula is C15H23N3O2. The van der Waals surface area contributed by atoms with Crippen LogP contribution in [-0.2, 0) is 9.59 Å². The van der Waals surface area contributed by atoms with Crippen molar-refractivity contribution in [1.82, 2.24) is 0 Å². The predicted octanol–water partition coefficient (Wildman–Crippen LogP) is 2.27. The molecule has 20 heavy (non-hydrogen) atoms. The lowest BCUT2D eigenvalue weighted by Crippen LogP contribution is -2.25. The van der Waals surface area contributed by atoms with E-state index in [1.807, 2.05) is 32.9 Å². The number of nitrogens with one attached hydrogen (secondary N) is 2. The van der Waals surface area contributed by atoms with Gasteiger partial charge in [-0.1, -0.05) is 19.9 Å². The molecule has 2 amide bonds. The fraction of sp³-hybridized carbons (Fsp3) is 0.467. The fourth-order valence-corrected chi connectivity index (χ4v) is 1.97. The molecule has 0 heterocycles. The molecule has 0 aliphatic carbocycles. The summed E-state index contributed by atoms with van der Waals surface area (Å²) in [5.74, 6) is -0.329. The molecule has 0 unspecified atom stereocenters. The molecule has 1 aromatic carbocycles. The van der Waals surface area contributed by atoms with Gasteiger partial charge in [-0.3, -0.25) is 9.59 Å². The molecule has 0 spiro atoms. The molecule has 0 saturated carbocycles. The standard InChI is InChI=1S/C15H23N3O2/c1-4-11(5-2)15(20)18-12-7-6-10(3)8-13(12)17-14(19)9-16/h6-8,11H,4-5,9,16H2,1-3H3,(H,17,19)(H,18,20). The van der Waals surface area contributed by atoms with E-state index < -0.39 is 0 Å². The van der Waals surface area contributed by atoms with Gasteiger partial charge in [0.15, 0.2) is 0 Å². The van der Waals surface area contributed by atoms with Crippen LogP contribution in [0.5, 0.6) is 0 Å². The van der Waals surface area contributed by atoms with Crippen LogP contribution in [0.3, 0.4) is 0 Å². The van der Waals surface area contributed by atoms with Crippen LogP contribution in [0.2, 0.25) is 0 Å². The Labute approximate surface area is 119 Å². The monoisotopic (exact) mass is 277 g/mol. The highest BCUT2D eigenvalue weighted by Gasteiger charge is 2.16. The zero-order valence-electron chi connectivity index (χ0n) is 12.3. The minimum absolute atomic E-state index is 0.0191. The molecule has 0 aliphatic rings. The molecular weight excluding hydrogens is 254 g/mol. The largest absolute Gasteiger partial charge is 0.324 e. The summed E-state index contributed by atoms with van der Waals surface area (Å²) < 4.78 is 0. The van der Waals surface area contributed by atoms with Crippen LogP contribution in [-0.4, -0.2) is 18.4 Å². The van der Waals surface area contributed by atoms with E-state index in [-0.39, 0.29) is 24.3 Å². The lowest BCUT2D eigenvalue weighted by atomic mass is 10.0. The number of hydrogen-bond donors (Lipinski definition) is 3. The maximum atomic E-state index is 12.1. The molecule has 0 aromatic heterocycles. The average molecular weight is 277 g/mol. The van der Waals surface area contributed by atoms with Gasteiger partial charge < -0.3 is 16.4 Å². The first kappa shape index (κ1) is 16.2. The van der Waals surface area contributed by atoms with E-state index in [0.29, 0.717) is 11.4 Å². The summed E-state index contributed by atoms with van der Waals surface area (Å²) in [5, 5.41) is 5.58. The maximum absolute atomic E-state index is 12.1. The molecule has 0 atom stereocenters. The minimum atomic E-state index is -0.284. The second kappa shape index (κ2) is 7.65. The molecule has 110 valence electrons. The Bertz CT molecular complexity index is 482. The van der Waals surface area contributed by atoms with Crippen molar-refractivity contribution in [1.29, 1.82) is 0 Å². The molecule has 5 heteroatoms. The Morgan fingerprint density at radius 1 is 1.15 bits per heavy atom. The van der Waals surface area contributed by atoms with E-state index in [1.165, 1.54) is 0 Å². The number of aryl methyl sites for hydroxylation is 1. The highest BCUT2D eigenvalue weighted by atomic mass is 16.2. The third kappa shape index (κ3) is 4.35. The van der Waals surface area contributed by atoms with E-state index in [9.17, 15) is 9.59 Å². The first-order valence-corrected chi connectivity index (χ1v) is 6.93. The number of nitrogens with two attached hydrogens (primary N) is 1. The van der Waals surface area contributed by atoms with Gasteiger partial charge in [-0.05, 0) is 37.5 Å². The summed E-state index contributed by atoms with van der Waals surface area (Å²) in [7, 11) is 0. The summed E-state index contributed by atoms with van der Waals surface area (Å²) in [5.41, 5.74) is 7.49. The van der Waals surface area contributed by atoms with Crippen LogP contribution >= 0.6 is 0 Å². The summed E-state index contributed by atoms with van der Waals surface area (Å²) >= 11 is 0. The van der Waals surface area contributed by atoms with Gasteiger partial charge in [-0.2, -0.15) is 0 Å². The van der Waals surface area contributed by atoms with Crippen molar-refractivity contribution in [3.05, 3.63) is 23.8 Å². The van der Waals surface area contributed by atoms with E-state index in [0.717, 1.165) is 18.4 Å². The van der Waals surface area contributed by atoms with Crippen molar-refractivity contribution in [2.45, 2.75) is 33.6 Å². The third-order valence-corrected chi connectivity index (χ3v) is 3.25. The Morgan fingerprint density at radius 3 is 2.35 bits per heavy atom. The zero-order chi connectivity index (χ0) is 15.1. The van der Waals surface area contributed by atoms with Gasteiger partial charge in [0.2, 0.25) is 11.8 Å². The Kier molecular flexibility index (Phi) is 6.18. The molecule has 0 fully saturated rings. The van der Waals surface area contributed by atoms with E-state index in [4.69, 9.17) is 5.73 Å². The number of anilines is 2.